The van der Waals surface area contributed by atoms with Gasteiger partial charge in [-0.2, -0.15) is 5.10 Å². The quantitative estimate of drug-likeness (QED) is 0.266. The number of rotatable bonds is 6. The van der Waals surface area contributed by atoms with Crippen molar-refractivity contribution in [3.8, 4) is 16.8 Å². The van der Waals surface area contributed by atoms with E-state index in [0.29, 0.717) is 5.75 Å². The van der Waals surface area contributed by atoms with E-state index in [9.17, 15) is 4.79 Å². The number of carbonyl (C=O) groups excluding carboxylic acids is 1. The Hall–Kier alpha value is -3.57. The fraction of sp³-hybridized carbons (Fsp3) is 0.172. The zero-order valence-corrected chi connectivity index (χ0v) is 20.4. The second-order valence-electron chi connectivity index (χ2n) is 8.66. The van der Waals surface area contributed by atoms with E-state index >= 15 is 0 Å². The summed E-state index contributed by atoms with van der Waals surface area (Å²) in [6.07, 6.45) is 1.73. The molecule has 0 saturated heterocycles. The van der Waals surface area contributed by atoms with Gasteiger partial charge in [-0.25, -0.2) is 5.43 Å². The number of amides is 1. The van der Waals surface area contributed by atoms with E-state index in [2.05, 4.69) is 115 Å². The third-order valence-corrected chi connectivity index (χ3v) is 7.55. The number of hydrazone groups is 1. The van der Waals surface area contributed by atoms with Crippen molar-refractivity contribution in [2.45, 2.75) is 26.0 Å². The minimum Gasteiger partial charge on any atom is -0.318 e. The first-order valence-electron chi connectivity index (χ1n) is 11.4. The third-order valence-electron chi connectivity index (χ3n) is 6.28. The number of thioether (sulfide) groups is 1. The van der Waals surface area contributed by atoms with Gasteiger partial charge in [0.1, 0.15) is 0 Å². The van der Waals surface area contributed by atoms with E-state index in [1.807, 2.05) is 0 Å². The molecule has 0 unspecified atom stereocenters. The normalized spacial score (nSPS) is 12.7. The molecule has 0 spiro atoms. The minimum atomic E-state index is -0.101. The smallest absolute Gasteiger partial charge is 0.250 e. The van der Waals surface area contributed by atoms with Crippen molar-refractivity contribution in [1.29, 1.82) is 0 Å². The van der Waals surface area contributed by atoms with E-state index in [1.165, 1.54) is 27.8 Å². The number of fused-ring (bicyclic) bond motifs is 3. The predicted molar refractivity (Wildman–Crippen MR) is 142 cm³/mol. The summed E-state index contributed by atoms with van der Waals surface area (Å²) in [5, 5.41) is 4.41. The molecule has 4 nitrogen and oxygen atoms in total. The molecule has 1 aliphatic rings. The molecule has 170 valence electrons. The van der Waals surface area contributed by atoms with Gasteiger partial charge in [0.2, 0.25) is 5.91 Å². The van der Waals surface area contributed by atoms with Crippen LogP contribution in [0, 0.1) is 20.8 Å². The molecule has 1 heterocycles. The summed E-state index contributed by atoms with van der Waals surface area (Å²) < 4.78 is 2.21. The lowest BCUT2D eigenvalue weighted by Gasteiger charge is -2.12. The van der Waals surface area contributed by atoms with E-state index in [4.69, 9.17) is 0 Å². The number of aromatic nitrogens is 1. The molecule has 0 saturated carbocycles. The number of benzene rings is 3. The lowest BCUT2D eigenvalue weighted by molar-refractivity contribution is -0.118. The minimum absolute atomic E-state index is 0.101. The topological polar surface area (TPSA) is 46.4 Å². The van der Waals surface area contributed by atoms with Crippen molar-refractivity contribution in [3.63, 3.8) is 0 Å². The van der Waals surface area contributed by atoms with Crippen LogP contribution in [-0.2, 0) is 4.79 Å². The van der Waals surface area contributed by atoms with Crippen LogP contribution >= 0.6 is 11.8 Å². The maximum atomic E-state index is 12.6. The van der Waals surface area contributed by atoms with Crippen molar-refractivity contribution < 1.29 is 4.79 Å². The number of hydrogen-bond donors (Lipinski definition) is 1. The van der Waals surface area contributed by atoms with E-state index in [1.54, 1.807) is 18.0 Å². The van der Waals surface area contributed by atoms with Crippen LogP contribution in [0.2, 0.25) is 0 Å². The molecule has 1 amide bonds. The molecular formula is C29H27N3OS. The third kappa shape index (κ3) is 4.19. The second-order valence-corrected chi connectivity index (χ2v) is 9.75. The molecule has 5 heteroatoms. The monoisotopic (exact) mass is 465 g/mol. The summed E-state index contributed by atoms with van der Waals surface area (Å²) in [6, 6.07) is 27.4. The van der Waals surface area contributed by atoms with Gasteiger partial charge in [0.25, 0.3) is 0 Å². The van der Waals surface area contributed by atoms with Crippen LogP contribution in [0.3, 0.4) is 0 Å². The molecule has 5 rings (SSSR count). The summed E-state index contributed by atoms with van der Waals surface area (Å²) >= 11 is 1.64. The number of nitrogens with zero attached hydrogens (tertiary/aromatic N) is 2. The average molecular weight is 466 g/mol. The van der Waals surface area contributed by atoms with Gasteiger partial charge in [0.15, 0.2) is 0 Å². The molecule has 1 aliphatic carbocycles. The highest BCUT2D eigenvalue weighted by atomic mass is 32.2. The number of nitrogens with one attached hydrogen (secondary N) is 1. The highest BCUT2D eigenvalue weighted by Gasteiger charge is 2.28. The maximum absolute atomic E-state index is 12.6. The summed E-state index contributed by atoms with van der Waals surface area (Å²) in [5.41, 5.74) is 13.3. The van der Waals surface area contributed by atoms with Crippen molar-refractivity contribution >= 4 is 23.9 Å². The van der Waals surface area contributed by atoms with Gasteiger partial charge in [-0.1, -0.05) is 60.7 Å². The van der Waals surface area contributed by atoms with Crippen LogP contribution in [0.25, 0.3) is 16.8 Å². The Balaban J connectivity index is 1.25. The van der Waals surface area contributed by atoms with Gasteiger partial charge in [0.05, 0.1) is 17.2 Å². The Morgan fingerprint density at radius 1 is 0.941 bits per heavy atom. The molecule has 0 radical (unpaired) electrons. The van der Waals surface area contributed by atoms with Crippen LogP contribution in [-0.4, -0.2) is 22.4 Å². The highest BCUT2D eigenvalue weighted by molar-refractivity contribution is 8.00. The van der Waals surface area contributed by atoms with Gasteiger partial charge in [-0.3, -0.25) is 4.79 Å². The maximum Gasteiger partial charge on any atom is 0.250 e. The van der Waals surface area contributed by atoms with Crippen LogP contribution in [0.15, 0.2) is 84.0 Å². The summed E-state index contributed by atoms with van der Waals surface area (Å²) in [6.45, 7) is 6.25. The largest absolute Gasteiger partial charge is 0.318 e. The Kier molecular flexibility index (Phi) is 6.12. The van der Waals surface area contributed by atoms with E-state index < -0.39 is 0 Å². The summed E-state index contributed by atoms with van der Waals surface area (Å²) in [7, 11) is 0. The lowest BCUT2D eigenvalue weighted by atomic mass is 10.1. The molecule has 1 aromatic heterocycles. The van der Waals surface area contributed by atoms with Crippen LogP contribution in [0.1, 0.15) is 38.9 Å². The van der Waals surface area contributed by atoms with Crippen molar-refractivity contribution in [1.82, 2.24) is 9.99 Å². The first-order valence-corrected chi connectivity index (χ1v) is 12.5. The number of carbonyl (C=O) groups is 1. The Morgan fingerprint density at radius 3 is 2.29 bits per heavy atom. The van der Waals surface area contributed by atoms with E-state index in [-0.39, 0.29) is 11.2 Å². The van der Waals surface area contributed by atoms with Gasteiger partial charge in [-0.05, 0) is 66.8 Å². The molecule has 1 N–H and O–H groups in total. The molecular weight excluding hydrogens is 438 g/mol. The van der Waals surface area contributed by atoms with Gasteiger partial charge < -0.3 is 4.57 Å². The predicted octanol–water partition coefficient (Wildman–Crippen LogP) is 6.36. The van der Waals surface area contributed by atoms with Crippen LogP contribution < -0.4 is 5.43 Å². The molecule has 34 heavy (non-hydrogen) atoms. The number of hydrogen-bond acceptors (Lipinski definition) is 3. The average Bonchev–Trinajstić information content (AvgIpc) is 3.31. The summed E-state index contributed by atoms with van der Waals surface area (Å²) in [5.74, 6) is 0.239. The summed E-state index contributed by atoms with van der Waals surface area (Å²) in [4.78, 5) is 12.6. The Labute approximate surface area is 204 Å². The number of aryl methyl sites for hydroxylation is 2. The fourth-order valence-corrected chi connectivity index (χ4v) is 5.89. The first kappa shape index (κ1) is 22.2. The molecule has 4 aromatic rings. The zero-order chi connectivity index (χ0) is 23.7. The molecule has 0 aliphatic heterocycles. The molecule has 3 aromatic carbocycles. The van der Waals surface area contributed by atoms with Crippen LogP contribution in [0.5, 0.6) is 0 Å². The molecule has 0 fully saturated rings. The van der Waals surface area contributed by atoms with Crippen LogP contribution in [0.4, 0.5) is 0 Å². The fourth-order valence-electron chi connectivity index (χ4n) is 4.74. The Bertz CT molecular complexity index is 1360. The lowest BCUT2D eigenvalue weighted by Crippen LogP contribution is -2.20. The standard InChI is InChI=1S/C29H27N3OS/c1-19-9-8-10-23(15-19)32-20(2)16-22(21(32)3)17-30-31-28(33)18-34-29-26-13-6-4-11-24(26)25-12-5-7-14-27(25)29/h4-17,29H,18H2,1-3H3,(H,31,33)/b30-17-. The first-order chi connectivity index (χ1) is 16.5. The van der Waals surface area contributed by atoms with Gasteiger partial charge in [0, 0.05) is 22.6 Å². The highest BCUT2D eigenvalue weighted by Crippen LogP contribution is 2.49. The second kappa shape index (κ2) is 9.35. The van der Waals surface area contributed by atoms with Gasteiger partial charge in [-0.15, -0.1) is 11.8 Å². The van der Waals surface area contributed by atoms with Crippen molar-refractivity contribution in [2.24, 2.45) is 5.10 Å². The molecule has 0 bridgehead atoms. The Morgan fingerprint density at radius 2 is 1.62 bits per heavy atom. The van der Waals surface area contributed by atoms with Gasteiger partial charge >= 0.3 is 0 Å². The molecule has 0 atom stereocenters. The van der Waals surface area contributed by atoms with Crippen molar-refractivity contribution in [2.75, 3.05) is 5.75 Å². The SMILES string of the molecule is Cc1cccc(-n2c(C)cc(/C=N\NC(=O)CSC3c4ccccc4-c4ccccc43)c2C)c1. The van der Waals surface area contributed by atoms with E-state index in [0.717, 1.165) is 22.6 Å². The van der Waals surface area contributed by atoms with Crippen molar-refractivity contribution in [3.05, 3.63) is 113 Å². The zero-order valence-electron chi connectivity index (χ0n) is 19.6.